The van der Waals surface area contributed by atoms with Crippen LogP contribution in [0.5, 0.6) is 0 Å². The lowest BCUT2D eigenvalue weighted by Gasteiger charge is -2.53. The van der Waals surface area contributed by atoms with Crippen molar-refractivity contribution in [3.8, 4) is 0 Å². The number of nitrogens with zero attached hydrogens (tertiary/aromatic N) is 3. The van der Waals surface area contributed by atoms with Gasteiger partial charge in [-0.2, -0.15) is 0 Å². The Bertz CT molecular complexity index is 969. The molecule has 2 aliphatic heterocycles. The van der Waals surface area contributed by atoms with Crippen molar-refractivity contribution in [3.05, 3.63) is 11.1 Å². The van der Waals surface area contributed by atoms with Crippen molar-refractivity contribution in [1.82, 2.24) is 15.2 Å². The minimum Gasteiger partial charge on any atom is -0.428 e. The Morgan fingerprint density at radius 3 is 2.73 bits per heavy atom. The highest BCUT2D eigenvalue weighted by molar-refractivity contribution is 8.00. The maximum absolute atomic E-state index is 12.8. The van der Waals surface area contributed by atoms with Crippen LogP contribution in [0.2, 0.25) is 0 Å². The maximum atomic E-state index is 12.8. The van der Waals surface area contributed by atoms with E-state index in [1.165, 1.54) is 37.8 Å². The summed E-state index contributed by atoms with van der Waals surface area (Å²) < 4.78 is 14.9. The van der Waals surface area contributed by atoms with Gasteiger partial charge in [0.25, 0.3) is 5.91 Å². The van der Waals surface area contributed by atoms with E-state index in [0.717, 1.165) is 11.3 Å². The lowest BCUT2D eigenvalue weighted by molar-refractivity contribution is -0.178. The van der Waals surface area contributed by atoms with Crippen molar-refractivity contribution >= 4 is 57.7 Å². The quantitative estimate of drug-likeness (QED) is 0.142. The fourth-order valence-electron chi connectivity index (χ4n) is 3.39. The molecule has 0 saturated carbocycles. The van der Waals surface area contributed by atoms with Crippen molar-refractivity contribution in [3.63, 3.8) is 0 Å². The van der Waals surface area contributed by atoms with E-state index >= 15 is 0 Å². The Hall–Kier alpha value is -2.91. The van der Waals surface area contributed by atoms with Crippen LogP contribution in [0.3, 0.4) is 0 Å². The third kappa shape index (κ3) is 5.20. The number of anilines is 1. The second-order valence-electron chi connectivity index (χ2n) is 7.21. The van der Waals surface area contributed by atoms with Gasteiger partial charge in [0, 0.05) is 31.7 Å². The van der Waals surface area contributed by atoms with E-state index in [1.807, 2.05) is 0 Å². The standard InChI is InChI=1S/C18H23N5O8S2/c1-9(24)30-8-31-16(27)18(6-28-2)5-23-14(26)12(15(23)33-7-18)21-13(25)11(22-29-3)10-4-32-17(19)20-10/h4,12,15H,5-8H2,1-3H3,(H2,19,20)(H,21,25)/t12?,15-,18?/m1/s1. The van der Waals surface area contributed by atoms with Crippen LogP contribution in [-0.2, 0) is 38.2 Å². The molecule has 3 atom stereocenters. The number of thiazole rings is 1. The molecule has 1 aromatic rings. The number of oxime groups is 1. The largest absolute Gasteiger partial charge is 0.428 e. The first kappa shape index (κ1) is 24.7. The molecular weight excluding hydrogens is 478 g/mol. The Labute approximate surface area is 196 Å². The molecule has 3 N–H and O–H groups in total. The van der Waals surface area contributed by atoms with E-state index in [4.69, 9.17) is 20.0 Å². The molecule has 0 radical (unpaired) electrons. The lowest BCUT2D eigenvalue weighted by atomic mass is 9.88. The number of esters is 2. The summed E-state index contributed by atoms with van der Waals surface area (Å²) in [5.41, 5.74) is 4.60. The van der Waals surface area contributed by atoms with Crippen molar-refractivity contribution < 1.29 is 38.2 Å². The zero-order chi connectivity index (χ0) is 24.2. The monoisotopic (exact) mass is 501 g/mol. The first-order valence-electron chi connectivity index (χ1n) is 9.57. The maximum Gasteiger partial charge on any atom is 0.319 e. The molecule has 1 aromatic heterocycles. The number of thioether (sulfide) groups is 1. The number of methoxy groups -OCH3 is 1. The molecule has 0 aliphatic carbocycles. The van der Waals surface area contributed by atoms with E-state index in [1.54, 1.807) is 5.38 Å². The summed E-state index contributed by atoms with van der Waals surface area (Å²) in [6, 6.07) is -0.821. The minimum atomic E-state index is -1.14. The number of carbonyl (C=O) groups is 4. The number of nitrogen functional groups attached to an aromatic ring is 1. The molecule has 2 unspecified atom stereocenters. The van der Waals surface area contributed by atoms with E-state index in [0.29, 0.717) is 0 Å². The number of ether oxygens (including phenoxy) is 3. The summed E-state index contributed by atoms with van der Waals surface area (Å²) in [5.74, 6) is -1.98. The van der Waals surface area contributed by atoms with E-state index in [2.05, 4.69) is 20.2 Å². The summed E-state index contributed by atoms with van der Waals surface area (Å²) in [4.78, 5) is 59.4. The highest BCUT2D eigenvalue weighted by Gasteiger charge is 2.58. The summed E-state index contributed by atoms with van der Waals surface area (Å²) in [7, 11) is 2.72. The topological polar surface area (TPSA) is 172 Å². The van der Waals surface area contributed by atoms with Gasteiger partial charge >= 0.3 is 11.9 Å². The van der Waals surface area contributed by atoms with E-state index in [-0.39, 0.29) is 41.3 Å². The smallest absolute Gasteiger partial charge is 0.319 e. The molecule has 13 nitrogen and oxygen atoms in total. The summed E-state index contributed by atoms with van der Waals surface area (Å²) >= 11 is 2.44. The molecule has 180 valence electrons. The van der Waals surface area contributed by atoms with Crippen LogP contribution in [0, 0.1) is 5.41 Å². The van der Waals surface area contributed by atoms with Gasteiger partial charge in [-0.3, -0.25) is 19.2 Å². The molecular formula is C18H23N5O8S2. The molecule has 2 saturated heterocycles. The van der Waals surface area contributed by atoms with Crippen LogP contribution in [0.4, 0.5) is 5.13 Å². The summed E-state index contributed by atoms with van der Waals surface area (Å²) in [6.45, 7) is 0.703. The van der Waals surface area contributed by atoms with Gasteiger partial charge in [0.1, 0.15) is 29.6 Å². The fourth-order valence-corrected chi connectivity index (χ4v) is 5.46. The zero-order valence-electron chi connectivity index (χ0n) is 18.1. The fraction of sp³-hybridized carbons (Fsp3) is 0.556. The van der Waals surface area contributed by atoms with Gasteiger partial charge in [-0.25, -0.2) is 4.98 Å². The first-order chi connectivity index (χ1) is 15.7. The van der Waals surface area contributed by atoms with Gasteiger partial charge in [0.2, 0.25) is 12.7 Å². The number of nitrogens with one attached hydrogen (secondary N) is 1. The predicted molar refractivity (Wildman–Crippen MR) is 117 cm³/mol. The number of amides is 2. The van der Waals surface area contributed by atoms with Crippen LogP contribution >= 0.6 is 23.1 Å². The van der Waals surface area contributed by atoms with Crippen molar-refractivity contribution in [2.75, 3.05) is 45.7 Å². The number of aromatic nitrogens is 1. The summed E-state index contributed by atoms with van der Waals surface area (Å²) in [6.07, 6.45) is 0. The predicted octanol–water partition coefficient (Wildman–Crippen LogP) is -0.828. The molecule has 15 heteroatoms. The molecule has 33 heavy (non-hydrogen) atoms. The molecule has 0 aromatic carbocycles. The average molecular weight is 502 g/mol. The number of hydrogen-bond acceptors (Lipinski definition) is 13. The molecule has 2 amide bonds. The number of nitrogens with two attached hydrogens (primary N) is 1. The van der Waals surface area contributed by atoms with Gasteiger partial charge in [-0.15, -0.1) is 23.1 Å². The number of carbonyl (C=O) groups excluding carboxylic acids is 4. The van der Waals surface area contributed by atoms with Crippen molar-refractivity contribution in [2.24, 2.45) is 10.6 Å². The molecule has 0 spiro atoms. The third-order valence-electron chi connectivity index (χ3n) is 4.90. The third-order valence-corrected chi connectivity index (χ3v) is 7.16. The first-order valence-corrected chi connectivity index (χ1v) is 11.5. The molecule has 3 heterocycles. The number of fused-ring (bicyclic) bond motifs is 1. The van der Waals surface area contributed by atoms with E-state index in [9.17, 15) is 19.2 Å². The number of rotatable bonds is 9. The van der Waals surface area contributed by atoms with Crippen LogP contribution in [0.1, 0.15) is 12.6 Å². The Morgan fingerprint density at radius 1 is 1.36 bits per heavy atom. The second kappa shape index (κ2) is 10.4. The van der Waals surface area contributed by atoms with Crippen LogP contribution in [0.15, 0.2) is 10.5 Å². The average Bonchev–Trinajstić information content (AvgIpc) is 3.21. The van der Waals surface area contributed by atoms with Gasteiger partial charge in [-0.1, -0.05) is 5.16 Å². The molecule has 2 fully saturated rings. The van der Waals surface area contributed by atoms with Gasteiger partial charge < -0.3 is 35.0 Å². The number of hydrogen-bond donors (Lipinski definition) is 2. The Kier molecular flexibility index (Phi) is 7.76. The normalized spacial score (nSPS) is 24.4. The zero-order valence-corrected chi connectivity index (χ0v) is 19.7. The van der Waals surface area contributed by atoms with Crippen molar-refractivity contribution in [1.29, 1.82) is 0 Å². The molecule has 2 aliphatic rings. The van der Waals surface area contributed by atoms with Crippen LogP contribution in [-0.4, -0.2) is 90.7 Å². The summed E-state index contributed by atoms with van der Waals surface area (Å²) in [5, 5.41) is 7.77. The second-order valence-corrected chi connectivity index (χ2v) is 9.21. The molecule has 3 rings (SSSR count). The van der Waals surface area contributed by atoms with Gasteiger partial charge in [0.05, 0.1) is 6.61 Å². The Morgan fingerprint density at radius 2 is 2.12 bits per heavy atom. The van der Waals surface area contributed by atoms with Gasteiger partial charge in [-0.05, 0) is 0 Å². The highest BCUT2D eigenvalue weighted by atomic mass is 32.2. The van der Waals surface area contributed by atoms with E-state index < -0.39 is 41.5 Å². The van der Waals surface area contributed by atoms with Crippen LogP contribution in [0.25, 0.3) is 0 Å². The SMILES string of the molecule is COCC1(C(=O)OCOC(C)=O)CS[C@@H]2C(NC(=O)C(=NOC)c3csc(N)n3)C(=O)N2C1. The minimum absolute atomic E-state index is 0.00230. The van der Waals surface area contributed by atoms with Crippen LogP contribution < -0.4 is 11.1 Å². The molecule has 0 bridgehead atoms. The highest BCUT2D eigenvalue weighted by Crippen LogP contribution is 2.42. The Balaban J connectivity index is 1.66. The number of β-lactam (4-membered cyclic amide) rings is 1. The van der Waals surface area contributed by atoms with Gasteiger partial charge in [0.15, 0.2) is 10.8 Å². The van der Waals surface area contributed by atoms with Crippen molar-refractivity contribution in [2.45, 2.75) is 18.3 Å². The lowest BCUT2D eigenvalue weighted by Crippen LogP contribution is -2.74.